The van der Waals surface area contributed by atoms with Crippen molar-refractivity contribution >= 4 is 17.7 Å². The van der Waals surface area contributed by atoms with Crippen LogP contribution in [0.4, 0.5) is 0 Å². The Labute approximate surface area is 340 Å². The summed E-state index contributed by atoms with van der Waals surface area (Å²) in [4.78, 5) is 42.9. The fraction of sp³-hybridized carbons (Fsp3) is 0.929. The monoisotopic (exact) mass is 818 g/mol. The fourth-order valence-electron chi connectivity index (χ4n) is 9.74. The Morgan fingerprint density at radius 1 is 0.912 bits per heavy atom. The molecule has 0 aromatic heterocycles. The summed E-state index contributed by atoms with van der Waals surface area (Å²) >= 11 is 0. The lowest BCUT2D eigenvalue weighted by Crippen LogP contribution is -2.61. The van der Waals surface area contributed by atoms with Crippen molar-refractivity contribution in [1.29, 1.82) is 0 Å². The first-order chi connectivity index (χ1) is 26.4. The molecule has 332 valence electrons. The molecule has 3 aliphatic heterocycles. The van der Waals surface area contributed by atoms with Crippen LogP contribution < -0.4 is 0 Å². The number of carbonyl (C=O) groups is 3. The number of likely N-dealkylation sites (N-methyl/N-ethyl adjacent to an activating group) is 1. The van der Waals surface area contributed by atoms with E-state index in [1.165, 1.54) is 21.1 Å². The van der Waals surface area contributed by atoms with Crippen molar-refractivity contribution in [3.63, 3.8) is 0 Å². The van der Waals surface area contributed by atoms with Crippen LogP contribution in [-0.4, -0.2) is 151 Å². The van der Waals surface area contributed by atoms with Crippen LogP contribution in [0.25, 0.3) is 0 Å². The number of Topliss-reactive ketones (excluding diaryl/α,β-unsaturated/α-hetero) is 1. The van der Waals surface area contributed by atoms with Crippen molar-refractivity contribution in [1.82, 2.24) is 4.90 Å². The zero-order chi connectivity index (χ0) is 43.4. The summed E-state index contributed by atoms with van der Waals surface area (Å²) in [5, 5.41) is 34.0. The summed E-state index contributed by atoms with van der Waals surface area (Å²) in [6.45, 7) is 18.7. The van der Waals surface area contributed by atoms with Gasteiger partial charge in [0.15, 0.2) is 18.7 Å². The zero-order valence-corrected chi connectivity index (χ0v) is 37.2. The minimum Gasteiger partial charge on any atom is -0.459 e. The first-order valence-electron chi connectivity index (χ1n) is 20.7. The number of ether oxygens (including phenoxy) is 8. The van der Waals surface area contributed by atoms with Gasteiger partial charge in [-0.05, 0) is 81.3 Å². The van der Waals surface area contributed by atoms with Gasteiger partial charge < -0.3 is 58.1 Å². The second-order valence-corrected chi connectivity index (χ2v) is 17.9. The lowest BCUT2D eigenvalue weighted by Gasteiger charge is -2.50. The number of methoxy groups -OCH3 is 2. The van der Waals surface area contributed by atoms with Crippen LogP contribution in [0.1, 0.15) is 108 Å². The molecule has 0 bridgehead atoms. The standard InChI is InChI=1S/C42H75NO14/c1-16-31-42(11,49)29(17-18-44)24(4)33(46)22(2)20-40(9,50-14)36(57-39-34(47)30(43(12)13)19-23(3)52-39)25(5)35(26(6)38(48)55-31)56-32-21-41(10,51-15)37(27(7)53-32)54-28(8)45/h22-27,29-32,34-37,39,44,47,49H,16-21H2,1-15H3/t22-,23-,24?,25-,26-,27+,29+,30+,31-,32?,34-,35+,36-,37+,39+,40-,41-,42+/m1/s1. The molecule has 0 amide bonds. The smallest absolute Gasteiger partial charge is 0.311 e. The Morgan fingerprint density at radius 2 is 1.51 bits per heavy atom. The molecule has 3 heterocycles. The van der Waals surface area contributed by atoms with E-state index in [1.54, 1.807) is 48.5 Å². The molecule has 15 nitrogen and oxygen atoms in total. The first-order valence-corrected chi connectivity index (χ1v) is 20.7. The largest absolute Gasteiger partial charge is 0.459 e. The van der Waals surface area contributed by atoms with Gasteiger partial charge in [-0.25, -0.2) is 0 Å². The molecular weight excluding hydrogens is 742 g/mol. The number of carbonyl (C=O) groups excluding carboxylic acids is 3. The molecule has 3 saturated heterocycles. The summed E-state index contributed by atoms with van der Waals surface area (Å²) < 4.78 is 50.5. The van der Waals surface area contributed by atoms with Gasteiger partial charge in [0.2, 0.25) is 0 Å². The normalized spacial score (nSPS) is 45.6. The van der Waals surface area contributed by atoms with Crippen LogP contribution in [0.2, 0.25) is 0 Å². The van der Waals surface area contributed by atoms with E-state index < -0.39 is 108 Å². The van der Waals surface area contributed by atoms with Crippen molar-refractivity contribution < 1.29 is 67.6 Å². The van der Waals surface area contributed by atoms with Crippen molar-refractivity contribution in [2.75, 3.05) is 34.9 Å². The maximum Gasteiger partial charge on any atom is 0.311 e. The lowest BCUT2D eigenvalue weighted by molar-refractivity contribution is -0.320. The van der Waals surface area contributed by atoms with E-state index in [1.807, 2.05) is 39.8 Å². The molecule has 0 radical (unpaired) electrons. The third-order valence-corrected chi connectivity index (χ3v) is 13.2. The number of aliphatic hydroxyl groups excluding tert-OH is 2. The summed E-state index contributed by atoms with van der Waals surface area (Å²) in [6.07, 6.45) is -6.71. The Hall–Kier alpha value is -1.79. The van der Waals surface area contributed by atoms with Gasteiger partial charge >= 0.3 is 11.9 Å². The van der Waals surface area contributed by atoms with Gasteiger partial charge in [0.25, 0.3) is 0 Å². The highest BCUT2D eigenvalue weighted by Crippen LogP contribution is 2.43. The molecule has 0 spiro atoms. The van der Waals surface area contributed by atoms with Gasteiger partial charge in [-0.15, -0.1) is 0 Å². The topological polar surface area (TPSA) is 189 Å². The molecule has 3 N–H and O–H groups in total. The molecule has 15 heteroatoms. The van der Waals surface area contributed by atoms with Crippen LogP contribution >= 0.6 is 0 Å². The minimum atomic E-state index is -1.69. The number of cyclic esters (lactones) is 1. The molecule has 2 unspecified atom stereocenters. The van der Waals surface area contributed by atoms with E-state index in [2.05, 4.69) is 0 Å². The van der Waals surface area contributed by atoms with E-state index in [-0.39, 0.29) is 50.2 Å². The molecule has 3 rings (SSSR count). The Bertz CT molecular complexity index is 1330. The maximum atomic E-state index is 14.5. The summed E-state index contributed by atoms with van der Waals surface area (Å²) in [5.74, 6) is -5.17. The molecule has 57 heavy (non-hydrogen) atoms. The second kappa shape index (κ2) is 20.2. The number of nitrogens with zero attached hydrogens (tertiary/aromatic N) is 1. The van der Waals surface area contributed by atoms with Gasteiger partial charge in [0, 0.05) is 63.9 Å². The number of aliphatic hydroxyl groups is 3. The summed E-state index contributed by atoms with van der Waals surface area (Å²) in [7, 11) is 6.81. The van der Waals surface area contributed by atoms with Crippen molar-refractivity contribution in [3.8, 4) is 0 Å². The van der Waals surface area contributed by atoms with E-state index in [0.29, 0.717) is 6.42 Å². The van der Waals surface area contributed by atoms with Crippen LogP contribution in [0.5, 0.6) is 0 Å². The average Bonchev–Trinajstić information content (AvgIpc) is 3.14. The van der Waals surface area contributed by atoms with Crippen LogP contribution in [-0.2, 0) is 52.3 Å². The molecule has 0 aromatic carbocycles. The molecule has 0 aromatic rings. The quantitative estimate of drug-likeness (QED) is 0.256. The highest BCUT2D eigenvalue weighted by molar-refractivity contribution is 5.83. The maximum absolute atomic E-state index is 14.5. The molecule has 3 aliphatic rings. The number of ketones is 1. The summed E-state index contributed by atoms with van der Waals surface area (Å²) in [6, 6.07) is -0.292. The number of esters is 2. The molecule has 0 saturated carbocycles. The third-order valence-electron chi connectivity index (χ3n) is 13.2. The number of rotatable bonds is 11. The fourth-order valence-corrected chi connectivity index (χ4v) is 9.74. The van der Waals surface area contributed by atoms with Crippen LogP contribution in [0.3, 0.4) is 0 Å². The van der Waals surface area contributed by atoms with Gasteiger partial charge in [0.1, 0.15) is 29.2 Å². The SMILES string of the molecule is CC[C@H]1OC(=O)[C@H](C)[C@@H](OC2C[C@@](C)(OC)[C@@H](OC(C)=O)[C@H](C)O2)[C@@H](C)[C@@H](O[C@@H]2O[C@H](C)C[C@H](N(C)C)[C@H]2O)[C@](C)(OC)C[C@@H](C)C(=O)C(C)[C@H](CCO)[C@]1(C)O. The molecular formula is C42H75NO14. The molecule has 18 atom stereocenters. The van der Waals surface area contributed by atoms with E-state index in [9.17, 15) is 29.7 Å². The third kappa shape index (κ3) is 11.1. The Morgan fingerprint density at radius 3 is 2.04 bits per heavy atom. The van der Waals surface area contributed by atoms with Crippen molar-refractivity contribution in [2.24, 2.45) is 29.6 Å². The Kier molecular flexibility index (Phi) is 17.6. The second-order valence-electron chi connectivity index (χ2n) is 17.9. The van der Waals surface area contributed by atoms with Gasteiger partial charge in [-0.3, -0.25) is 14.4 Å². The summed E-state index contributed by atoms with van der Waals surface area (Å²) in [5.41, 5.74) is -3.97. The van der Waals surface area contributed by atoms with Crippen LogP contribution in [0.15, 0.2) is 0 Å². The zero-order valence-electron chi connectivity index (χ0n) is 37.2. The highest BCUT2D eigenvalue weighted by Gasteiger charge is 2.54. The predicted octanol–water partition coefficient (Wildman–Crippen LogP) is 3.65. The predicted molar refractivity (Wildman–Crippen MR) is 210 cm³/mol. The molecule has 3 fully saturated rings. The van der Waals surface area contributed by atoms with Gasteiger partial charge in [-0.2, -0.15) is 0 Å². The number of hydrogen-bond donors (Lipinski definition) is 3. The minimum absolute atomic E-state index is 0.0955. The van der Waals surface area contributed by atoms with Crippen molar-refractivity contribution in [3.05, 3.63) is 0 Å². The van der Waals surface area contributed by atoms with E-state index >= 15 is 0 Å². The van der Waals surface area contributed by atoms with Crippen LogP contribution in [0, 0.1) is 29.6 Å². The van der Waals surface area contributed by atoms with Crippen molar-refractivity contribution in [2.45, 2.75) is 186 Å². The lowest BCUT2D eigenvalue weighted by atomic mass is 9.69. The van der Waals surface area contributed by atoms with Gasteiger partial charge in [-0.1, -0.05) is 27.7 Å². The average molecular weight is 818 g/mol. The highest BCUT2D eigenvalue weighted by atomic mass is 16.7. The van der Waals surface area contributed by atoms with Gasteiger partial charge in [0.05, 0.1) is 35.9 Å². The number of hydrogen-bond acceptors (Lipinski definition) is 15. The van der Waals surface area contributed by atoms with E-state index in [0.717, 1.165) is 0 Å². The first kappa shape index (κ1) is 49.6. The van der Waals surface area contributed by atoms with E-state index in [4.69, 9.17) is 37.9 Å². The molecule has 0 aliphatic carbocycles. The Balaban J connectivity index is 2.25.